The number of rotatable bonds is 3. The Bertz CT molecular complexity index is 1030. The lowest BCUT2D eigenvalue weighted by Crippen LogP contribution is -2.12. The number of aromatic nitrogens is 4. The minimum Gasteiger partial charge on any atom is -0.337 e. The van der Waals surface area contributed by atoms with Crippen molar-refractivity contribution in [2.45, 2.75) is 13.8 Å². The van der Waals surface area contributed by atoms with E-state index in [4.69, 9.17) is 0 Å². The topological polar surface area (TPSA) is 83.6 Å². The van der Waals surface area contributed by atoms with Crippen molar-refractivity contribution >= 4 is 44.7 Å². The normalized spacial score (nSPS) is 11.1. The number of nitrogens with zero attached hydrogens (tertiary/aromatic N) is 3. The van der Waals surface area contributed by atoms with E-state index in [9.17, 15) is 4.79 Å². The highest BCUT2D eigenvalue weighted by molar-refractivity contribution is 7.15. The second-order valence-electron chi connectivity index (χ2n) is 5.23. The number of carbonyl (C=O) groups excluding carboxylic acids is 1. The number of H-pyrrole nitrogens is 1. The molecule has 0 unspecified atom stereocenters. The number of hydrogen-bond donors (Lipinski definition) is 2. The van der Waals surface area contributed by atoms with Gasteiger partial charge in [-0.05, 0) is 26.0 Å². The van der Waals surface area contributed by atoms with Crippen LogP contribution in [0.1, 0.15) is 21.1 Å². The second kappa shape index (κ2) is 5.81. The molecule has 120 valence electrons. The van der Waals surface area contributed by atoms with E-state index in [0.29, 0.717) is 16.2 Å². The second-order valence-corrected chi connectivity index (χ2v) is 7.32. The van der Waals surface area contributed by atoms with Crippen molar-refractivity contribution in [2.24, 2.45) is 0 Å². The summed E-state index contributed by atoms with van der Waals surface area (Å²) in [5.41, 5.74) is 2.92. The van der Waals surface area contributed by atoms with Gasteiger partial charge in [-0.15, -0.1) is 22.7 Å². The number of aromatic amines is 1. The Hall–Kier alpha value is -2.58. The number of aryl methyl sites for hydroxylation is 2. The summed E-state index contributed by atoms with van der Waals surface area (Å²) < 4.78 is 0. The maximum absolute atomic E-state index is 12.5. The zero-order valence-electron chi connectivity index (χ0n) is 13.0. The molecule has 2 N–H and O–H groups in total. The van der Waals surface area contributed by atoms with Gasteiger partial charge in [-0.25, -0.2) is 15.0 Å². The molecule has 0 aliphatic heterocycles. The number of amides is 1. The van der Waals surface area contributed by atoms with Crippen LogP contribution in [0.3, 0.4) is 0 Å². The van der Waals surface area contributed by atoms with E-state index in [0.717, 1.165) is 26.9 Å². The van der Waals surface area contributed by atoms with Crippen molar-refractivity contribution in [3.8, 4) is 10.7 Å². The maximum Gasteiger partial charge on any atom is 0.259 e. The number of para-hydroxylation sites is 1. The van der Waals surface area contributed by atoms with Crippen molar-refractivity contribution in [2.75, 3.05) is 5.32 Å². The van der Waals surface area contributed by atoms with Gasteiger partial charge in [0, 0.05) is 11.6 Å². The van der Waals surface area contributed by atoms with Gasteiger partial charge in [0.1, 0.15) is 5.52 Å². The number of nitrogens with one attached hydrogen (secondary N) is 2. The molecule has 8 heteroatoms. The van der Waals surface area contributed by atoms with Crippen molar-refractivity contribution in [1.29, 1.82) is 0 Å². The highest BCUT2D eigenvalue weighted by Crippen LogP contribution is 2.30. The minimum absolute atomic E-state index is 0.217. The first-order chi connectivity index (χ1) is 11.6. The molecule has 0 bridgehead atoms. The van der Waals surface area contributed by atoms with Crippen LogP contribution in [0.4, 0.5) is 5.13 Å². The van der Waals surface area contributed by atoms with Crippen molar-refractivity contribution in [3.63, 3.8) is 0 Å². The van der Waals surface area contributed by atoms with Gasteiger partial charge in [0.2, 0.25) is 0 Å². The number of imidazole rings is 1. The molecule has 0 spiro atoms. The van der Waals surface area contributed by atoms with Gasteiger partial charge >= 0.3 is 0 Å². The van der Waals surface area contributed by atoms with Crippen molar-refractivity contribution < 1.29 is 4.79 Å². The minimum atomic E-state index is -0.217. The summed E-state index contributed by atoms with van der Waals surface area (Å²) >= 11 is 2.97. The molecule has 0 saturated heterocycles. The fourth-order valence-electron chi connectivity index (χ4n) is 2.52. The van der Waals surface area contributed by atoms with Gasteiger partial charge in [-0.1, -0.05) is 6.07 Å². The van der Waals surface area contributed by atoms with Crippen LogP contribution in [0.25, 0.3) is 21.7 Å². The smallest absolute Gasteiger partial charge is 0.259 e. The van der Waals surface area contributed by atoms with Crippen LogP contribution in [0.2, 0.25) is 0 Å². The molecule has 24 heavy (non-hydrogen) atoms. The average Bonchev–Trinajstić information content (AvgIpc) is 3.26. The molecule has 3 heterocycles. The Balaban J connectivity index is 1.77. The highest BCUT2D eigenvalue weighted by atomic mass is 32.1. The summed E-state index contributed by atoms with van der Waals surface area (Å²) in [6.45, 7) is 3.93. The molecule has 0 atom stereocenters. The molecule has 6 nitrogen and oxygen atoms in total. The third kappa shape index (κ3) is 2.59. The van der Waals surface area contributed by atoms with Crippen molar-refractivity contribution in [3.05, 3.63) is 46.0 Å². The van der Waals surface area contributed by atoms with E-state index in [1.165, 1.54) is 11.3 Å². The summed E-state index contributed by atoms with van der Waals surface area (Å²) in [5.74, 6) is 0.522. The molecule has 0 radical (unpaired) electrons. The summed E-state index contributed by atoms with van der Waals surface area (Å²) in [7, 11) is 0. The molecular formula is C16H13N5OS2. The van der Waals surface area contributed by atoms with E-state index in [1.807, 2.05) is 31.4 Å². The number of thiazole rings is 2. The Kier molecular flexibility index (Phi) is 3.62. The Morgan fingerprint density at radius 1 is 1.25 bits per heavy atom. The fourth-order valence-corrected chi connectivity index (χ4v) is 3.91. The molecule has 4 aromatic rings. The molecule has 0 fully saturated rings. The Morgan fingerprint density at radius 2 is 2.12 bits per heavy atom. The first kappa shape index (κ1) is 15.0. The summed E-state index contributed by atoms with van der Waals surface area (Å²) in [4.78, 5) is 30.0. The lowest BCUT2D eigenvalue weighted by Gasteiger charge is -2.02. The van der Waals surface area contributed by atoms with Gasteiger partial charge in [0.05, 0.1) is 26.7 Å². The van der Waals surface area contributed by atoms with E-state index in [2.05, 4.69) is 25.3 Å². The summed E-state index contributed by atoms with van der Waals surface area (Å²) in [6.07, 6.45) is 1.66. The number of hydrogen-bond acceptors (Lipinski definition) is 6. The first-order valence-corrected chi connectivity index (χ1v) is 8.95. The van der Waals surface area contributed by atoms with Crippen LogP contribution < -0.4 is 5.32 Å². The molecule has 0 aliphatic carbocycles. The SMILES string of the molecule is Cc1nc(C)c(-c2nc3c(C(=O)Nc4nccs4)cccc3[nH]2)s1. The molecule has 3 aromatic heterocycles. The number of benzene rings is 1. The number of anilines is 1. The van der Waals surface area contributed by atoms with E-state index in [1.54, 1.807) is 23.6 Å². The van der Waals surface area contributed by atoms with Crippen LogP contribution >= 0.6 is 22.7 Å². The third-order valence-electron chi connectivity index (χ3n) is 3.53. The molecular weight excluding hydrogens is 342 g/mol. The maximum atomic E-state index is 12.5. The standard InChI is InChI=1S/C16H13N5OS2/c1-8-13(24-9(2)18-8)14-19-11-5-3-4-10(12(11)20-14)15(22)21-16-17-6-7-23-16/h3-7H,1-2H3,(H,19,20)(H,17,21,22). The molecule has 0 aliphatic rings. The van der Waals surface area contributed by atoms with Crippen LogP contribution in [0.15, 0.2) is 29.8 Å². The first-order valence-electron chi connectivity index (χ1n) is 7.26. The third-order valence-corrected chi connectivity index (χ3v) is 5.30. The van der Waals surface area contributed by atoms with Gasteiger partial charge in [0.15, 0.2) is 11.0 Å². The van der Waals surface area contributed by atoms with Crippen LogP contribution in [0.5, 0.6) is 0 Å². The van der Waals surface area contributed by atoms with Crippen LogP contribution in [0, 0.1) is 13.8 Å². The largest absolute Gasteiger partial charge is 0.337 e. The summed E-state index contributed by atoms with van der Waals surface area (Å²) in [6, 6.07) is 5.52. The van der Waals surface area contributed by atoms with Gasteiger partial charge in [-0.2, -0.15) is 0 Å². The van der Waals surface area contributed by atoms with Crippen molar-refractivity contribution in [1.82, 2.24) is 19.9 Å². The highest BCUT2D eigenvalue weighted by Gasteiger charge is 2.17. The van der Waals surface area contributed by atoms with E-state index >= 15 is 0 Å². The summed E-state index contributed by atoms with van der Waals surface area (Å²) in [5, 5.41) is 6.18. The monoisotopic (exact) mass is 355 g/mol. The quantitative estimate of drug-likeness (QED) is 0.581. The Morgan fingerprint density at radius 3 is 2.83 bits per heavy atom. The lowest BCUT2D eigenvalue weighted by molar-refractivity contribution is 0.102. The van der Waals surface area contributed by atoms with E-state index in [-0.39, 0.29) is 5.91 Å². The van der Waals surface area contributed by atoms with Gasteiger partial charge in [0.25, 0.3) is 5.91 Å². The van der Waals surface area contributed by atoms with E-state index < -0.39 is 0 Å². The predicted molar refractivity (Wildman–Crippen MR) is 96.7 cm³/mol. The molecule has 0 saturated carbocycles. The molecule has 1 amide bonds. The molecule has 4 rings (SSSR count). The zero-order valence-corrected chi connectivity index (χ0v) is 14.6. The molecule has 1 aromatic carbocycles. The van der Waals surface area contributed by atoms with Gasteiger partial charge < -0.3 is 4.98 Å². The fraction of sp³-hybridized carbons (Fsp3) is 0.125. The average molecular weight is 355 g/mol. The van der Waals surface area contributed by atoms with Crippen LogP contribution in [-0.4, -0.2) is 25.8 Å². The lowest BCUT2D eigenvalue weighted by atomic mass is 10.2. The predicted octanol–water partition coefficient (Wildman–Crippen LogP) is 4.01. The number of fused-ring (bicyclic) bond motifs is 1. The van der Waals surface area contributed by atoms with Crippen LogP contribution in [-0.2, 0) is 0 Å². The number of carbonyl (C=O) groups is 1. The zero-order chi connectivity index (χ0) is 16.7. The van der Waals surface area contributed by atoms with Gasteiger partial charge in [-0.3, -0.25) is 10.1 Å². The Labute approximate surface area is 145 Å².